The van der Waals surface area contributed by atoms with Gasteiger partial charge in [-0.1, -0.05) is 0 Å². The Morgan fingerprint density at radius 3 is 2.64 bits per heavy atom. The largest absolute Gasteiger partial charge is 0.356 e. The van der Waals surface area contributed by atoms with E-state index in [1.54, 1.807) is 11.3 Å². The molecule has 1 saturated heterocycles. The molecule has 0 atom stereocenters. The van der Waals surface area contributed by atoms with Crippen molar-refractivity contribution in [1.82, 2.24) is 20.1 Å². The number of aliphatic imine (C=N–C) groups is 1. The molecule has 0 aromatic carbocycles. The number of thiazole rings is 1. The van der Waals surface area contributed by atoms with Gasteiger partial charge in [0.2, 0.25) is 5.91 Å². The number of rotatable bonds is 4. The maximum atomic E-state index is 12.7. The van der Waals surface area contributed by atoms with Crippen LogP contribution >= 0.6 is 35.3 Å². The molecule has 0 radical (unpaired) electrons. The smallest absolute Gasteiger partial charge is 0.242 e. The molecule has 1 N–H and O–H groups in total. The molecule has 1 fully saturated rings. The van der Waals surface area contributed by atoms with Gasteiger partial charge in [0.15, 0.2) is 5.96 Å². The first kappa shape index (κ1) is 22.1. The van der Waals surface area contributed by atoms with Crippen LogP contribution in [0.5, 0.6) is 0 Å². The molecule has 0 spiro atoms. The lowest BCUT2D eigenvalue weighted by Gasteiger charge is -2.49. The molecular weight excluding hydrogens is 449 g/mol. The fourth-order valence-electron chi connectivity index (χ4n) is 3.36. The van der Waals surface area contributed by atoms with Crippen molar-refractivity contribution < 1.29 is 4.79 Å². The molecule has 8 heteroatoms. The van der Waals surface area contributed by atoms with Crippen LogP contribution < -0.4 is 5.32 Å². The van der Waals surface area contributed by atoms with E-state index < -0.39 is 0 Å². The van der Waals surface area contributed by atoms with Crippen molar-refractivity contribution in [2.45, 2.75) is 59.7 Å². The van der Waals surface area contributed by atoms with Crippen LogP contribution in [0, 0.1) is 6.92 Å². The lowest BCUT2D eigenvalue weighted by Crippen LogP contribution is -2.66. The van der Waals surface area contributed by atoms with Crippen molar-refractivity contribution in [3.05, 3.63) is 16.1 Å². The summed E-state index contributed by atoms with van der Waals surface area (Å²) >= 11 is 1.62. The highest BCUT2D eigenvalue weighted by Gasteiger charge is 2.40. The van der Waals surface area contributed by atoms with Crippen LogP contribution in [-0.2, 0) is 11.3 Å². The Balaban J connectivity index is 0.00000312. The van der Waals surface area contributed by atoms with Crippen LogP contribution in [0.25, 0.3) is 0 Å². The summed E-state index contributed by atoms with van der Waals surface area (Å²) in [5, 5.41) is 3.33. The van der Waals surface area contributed by atoms with Crippen molar-refractivity contribution in [2.75, 3.05) is 19.6 Å². The number of hydrogen-bond acceptors (Lipinski definition) is 4. The lowest BCUT2D eigenvalue weighted by molar-refractivity contribution is -0.145. The first-order chi connectivity index (χ1) is 11.3. The minimum atomic E-state index is -0.222. The van der Waals surface area contributed by atoms with E-state index in [0.717, 1.165) is 29.6 Å². The molecular formula is C17H30IN5OS. The Labute approximate surface area is 172 Å². The van der Waals surface area contributed by atoms with Gasteiger partial charge in [-0.3, -0.25) is 4.79 Å². The minimum absolute atomic E-state index is 0. The van der Waals surface area contributed by atoms with E-state index in [1.165, 1.54) is 0 Å². The van der Waals surface area contributed by atoms with Crippen LogP contribution in [0.3, 0.4) is 0 Å². The van der Waals surface area contributed by atoms with Crippen LogP contribution in [0.4, 0.5) is 0 Å². The molecule has 0 bridgehead atoms. The van der Waals surface area contributed by atoms with Crippen LogP contribution in [0.2, 0.25) is 0 Å². The van der Waals surface area contributed by atoms with Gasteiger partial charge in [0.25, 0.3) is 0 Å². The van der Waals surface area contributed by atoms with Gasteiger partial charge < -0.3 is 15.1 Å². The summed E-state index contributed by atoms with van der Waals surface area (Å²) < 4.78 is 0. The fraction of sp³-hybridized carbons (Fsp3) is 0.706. The van der Waals surface area contributed by atoms with Gasteiger partial charge in [-0.2, -0.15) is 0 Å². The Morgan fingerprint density at radius 2 is 2.16 bits per heavy atom. The zero-order chi connectivity index (χ0) is 17.9. The number of aryl methyl sites for hydroxylation is 1. The summed E-state index contributed by atoms with van der Waals surface area (Å²) in [6.07, 6.45) is 0. The van der Waals surface area contributed by atoms with Gasteiger partial charge >= 0.3 is 0 Å². The molecule has 1 aromatic rings. The second kappa shape index (κ2) is 9.16. The molecule has 1 amide bonds. The van der Waals surface area contributed by atoms with E-state index in [0.29, 0.717) is 13.1 Å². The third-order valence-corrected chi connectivity index (χ3v) is 5.11. The number of amides is 1. The molecule has 25 heavy (non-hydrogen) atoms. The number of hydrogen-bond donors (Lipinski definition) is 1. The van der Waals surface area contributed by atoms with E-state index in [4.69, 9.17) is 4.99 Å². The third-order valence-electron chi connectivity index (χ3n) is 4.19. The summed E-state index contributed by atoms with van der Waals surface area (Å²) in [7, 11) is 0. The molecule has 2 rings (SSSR count). The number of nitrogens with zero attached hydrogens (tertiary/aromatic N) is 4. The van der Waals surface area contributed by atoms with Crippen molar-refractivity contribution in [3.63, 3.8) is 0 Å². The van der Waals surface area contributed by atoms with Crippen molar-refractivity contribution in [3.8, 4) is 0 Å². The second-order valence-electron chi connectivity index (χ2n) is 7.06. The van der Waals surface area contributed by atoms with Crippen LogP contribution in [0.15, 0.2) is 10.5 Å². The summed E-state index contributed by atoms with van der Waals surface area (Å²) in [4.78, 5) is 26.9. The van der Waals surface area contributed by atoms with Crippen LogP contribution in [-0.4, -0.2) is 57.9 Å². The van der Waals surface area contributed by atoms with Gasteiger partial charge in [0.05, 0.1) is 29.8 Å². The first-order valence-electron chi connectivity index (χ1n) is 8.50. The maximum absolute atomic E-state index is 12.7. The van der Waals surface area contributed by atoms with Gasteiger partial charge in [-0.05, 0) is 41.5 Å². The molecule has 1 aliphatic heterocycles. The number of halogens is 1. The van der Waals surface area contributed by atoms with E-state index >= 15 is 0 Å². The molecule has 0 aliphatic carbocycles. The van der Waals surface area contributed by atoms with Gasteiger partial charge in [-0.15, -0.1) is 35.3 Å². The minimum Gasteiger partial charge on any atom is -0.356 e. The number of piperazine rings is 1. The third kappa shape index (κ3) is 5.29. The zero-order valence-corrected chi connectivity index (χ0v) is 19.1. The highest BCUT2D eigenvalue weighted by molar-refractivity contribution is 14.0. The van der Waals surface area contributed by atoms with Crippen LogP contribution in [0.1, 0.15) is 45.2 Å². The Kier molecular flexibility index (Phi) is 8.11. The van der Waals surface area contributed by atoms with Crippen molar-refractivity contribution >= 4 is 47.2 Å². The molecule has 6 nitrogen and oxygen atoms in total. The number of carbonyl (C=O) groups excluding carboxylic acids is 1. The molecule has 1 aromatic heterocycles. The van der Waals surface area contributed by atoms with E-state index in [2.05, 4.69) is 42.9 Å². The Hall–Kier alpha value is -0.900. The molecule has 142 valence electrons. The summed E-state index contributed by atoms with van der Waals surface area (Å²) in [6, 6.07) is 0.203. The second-order valence-corrected chi connectivity index (χ2v) is 8.00. The number of guanidine groups is 1. The van der Waals surface area contributed by atoms with Gasteiger partial charge in [0, 0.05) is 24.0 Å². The topological polar surface area (TPSA) is 60.8 Å². The molecule has 2 heterocycles. The average molecular weight is 479 g/mol. The fourth-order valence-corrected chi connectivity index (χ4v) is 4.06. The predicted octanol–water partition coefficient (Wildman–Crippen LogP) is 2.87. The monoisotopic (exact) mass is 479 g/mol. The SMILES string of the molecule is CCNC(=NCc1scnc1C)N1CC(=O)N(C(C)C)C(C)(C)C1.I. The standard InChI is InChI=1S/C17H29N5OS.HI/c1-7-18-16(19-8-14-13(4)20-11-24-14)21-9-15(23)22(12(2)3)17(5,6)10-21;/h11-12H,7-10H2,1-6H3,(H,18,19);1H. The van der Waals surface area contributed by atoms with Crippen molar-refractivity contribution in [1.29, 1.82) is 0 Å². The quantitative estimate of drug-likeness (QED) is 0.410. The summed E-state index contributed by atoms with van der Waals surface area (Å²) in [5.74, 6) is 0.955. The van der Waals surface area contributed by atoms with Gasteiger partial charge in [0.1, 0.15) is 0 Å². The lowest BCUT2D eigenvalue weighted by atomic mass is 9.96. The number of carbonyl (C=O) groups is 1. The highest BCUT2D eigenvalue weighted by Crippen LogP contribution is 2.24. The number of nitrogens with one attached hydrogen (secondary N) is 1. The summed E-state index contributed by atoms with van der Waals surface area (Å²) in [5.41, 5.74) is 2.65. The first-order valence-corrected chi connectivity index (χ1v) is 9.38. The highest BCUT2D eigenvalue weighted by atomic mass is 127. The van der Waals surface area contributed by atoms with E-state index in [-0.39, 0.29) is 41.5 Å². The Morgan fingerprint density at radius 1 is 1.48 bits per heavy atom. The Bertz CT molecular complexity index is 614. The predicted molar refractivity (Wildman–Crippen MR) is 115 cm³/mol. The zero-order valence-electron chi connectivity index (χ0n) is 16.0. The van der Waals surface area contributed by atoms with E-state index in [1.807, 2.05) is 24.3 Å². The normalized spacial score (nSPS) is 17.7. The van der Waals surface area contributed by atoms with Crippen molar-refractivity contribution in [2.24, 2.45) is 4.99 Å². The maximum Gasteiger partial charge on any atom is 0.242 e. The van der Waals surface area contributed by atoms with Gasteiger partial charge in [-0.25, -0.2) is 9.98 Å². The summed E-state index contributed by atoms with van der Waals surface area (Å²) in [6.45, 7) is 14.9. The molecule has 0 saturated carbocycles. The number of aromatic nitrogens is 1. The van der Waals surface area contributed by atoms with E-state index in [9.17, 15) is 4.79 Å². The molecule has 1 aliphatic rings. The average Bonchev–Trinajstić information content (AvgIpc) is 2.86. The molecule has 0 unspecified atom stereocenters.